The molecule has 1 rings (SSSR count). The van der Waals surface area contributed by atoms with Gasteiger partial charge < -0.3 is 10.1 Å². The summed E-state index contributed by atoms with van der Waals surface area (Å²) in [5, 5.41) is 13.8. The molecule has 1 unspecified atom stereocenters. The fourth-order valence-corrected chi connectivity index (χ4v) is 2.26. The Morgan fingerprint density at radius 2 is 1.95 bits per heavy atom. The molecule has 0 heterocycles. The predicted octanol–water partition coefficient (Wildman–Crippen LogP) is 4.63. The minimum absolute atomic E-state index is 0.117. The number of ether oxygens (including phenoxy) is 1. The van der Waals surface area contributed by atoms with E-state index in [-0.39, 0.29) is 10.6 Å². The van der Waals surface area contributed by atoms with Gasteiger partial charge in [-0.3, -0.25) is 10.1 Å². The van der Waals surface area contributed by atoms with Crippen LogP contribution >= 0.6 is 0 Å². The lowest BCUT2D eigenvalue weighted by atomic mass is 10.0. The number of nitro benzene ring substituents is 1. The van der Waals surface area contributed by atoms with Crippen molar-refractivity contribution in [1.82, 2.24) is 0 Å². The van der Waals surface area contributed by atoms with Crippen LogP contribution in [0.5, 0.6) is 0 Å². The van der Waals surface area contributed by atoms with Gasteiger partial charge in [0.15, 0.2) is 0 Å². The zero-order valence-electron chi connectivity index (χ0n) is 13.7. The highest BCUT2D eigenvalue weighted by atomic mass is 16.6. The highest BCUT2D eigenvalue weighted by Crippen LogP contribution is 2.15. The van der Waals surface area contributed by atoms with Crippen molar-refractivity contribution in [2.24, 2.45) is 5.92 Å². The number of nitro groups is 1. The van der Waals surface area contributed by atoms with E-state index in [0.29, 0.717) is 5.92 Å². The van der Waals surface area contributed by atoms with Crippen LogP contribution in [0.1, 0.15) is 46.0 Å². The highest BCUT2D eigenvalue weighted by Gasteiger charge is 2.06. The number of non-ortho nitro benzene ring substituents is 1. The minimum Gasteiger partial charge on any atom is -0.385 e. The summed E-state index contributed by atoms with van der Waals surface area (Å²) in [6, 6.07) is 6.49. The first-order valence-electron chi connectivity index (χ1n) is 8.23. The molecule has 0 saturated heterocycles. The van der Waals surface area contributed by atoms with Crippen LogP contribution in [0.2, 0.25) is 0 Å². The van der Waals surface area contributed by atoms with Crippen LogP contribution in [0.3, 0.4) is 0 Å². The molecule has 1 aromatic carbocycles. The van der Waals surface area contributed by atoms with Gasteiger partial charge in [0.05, 0.1) is 4.92 Å². The lowest BCUT2D eigenvalue weighted by Gasteiger charge is -2.14. The van der Waals surface area contributed by atoms with Gasteiger partial charge in [-0.2, -0.15) is 0 Å². The molecule has 0 amide bonds. The average Bonchev–Trinajstić information content (AvgIpc) is 2.54. The number of unbranched alkanes of at least 4 members (excludes halogenated alkanes) is 1. The lowest BCUT2D eigenvalue weighted by Crippen LogP contribution is -2.12. The first-order chi connectivity index (χ1) is 10.7. The summed E-state index contributed by atoms with van der Waals surface area (Å²) in [5.74, 6) is 0.683. The number of hydrogen-bond donors (Lipinski definition) is 1. The van der Waals surface area contributed by atoms with E-state index < -0.39 is 0 Å². The Morgan fingerprint density at radius 3 is 2.55 bits per heavy atom. The maximum absolute atomic E-state index is 10.6. The Morgan fingerprint density at radius 1 is 1.23 bits per heavy atom. The summed E-state index contributed by atoms with van der Waals surface area (Å²) in [6.07, 6.45) is 5.90. The molecule has 0 aliphatic carbocycles. The molecule has 0 aromatic heterocycles. The quantitative estimate of drug-likeness (QED) is 0.347. The SMILES string of the molecule is CCCCC(CC)COCCCNc1ccc([N+](=O)[O-])cc1. The molecule has 22 heavy (non-hydrogen) atoms. The maximum atomic E-state index is 10.6. The number of nitrogens with zero attached hydrogens (tertiary/aromatic N) is 1. The van der Waals surface area contributed by atoms with Crippen molar-refractivity contribution in [1.29, 1.82) is 0 Å². The Bertz CT molecular complexity index is 420. The van der Waals surface area contributed by atoms with Gasteiger partial charge in [-0.25, -0.2) is 0 Å². The van der Waals surface area contributed by atoms with Crippen LogP contribution in [0.25, 0.3) is 0 Å². The molecule has 5 heteroatoms. The van der Waals surface area contributed by atoms with Gasteiger partial charge >= 0.3 is 0 Å². The van der Waals surface area contributed by atoms with Crippen LogP contribution < -0.4 is 5.32 Å². The molecular formula is C17H28N2O3. The third kappa shape index (κ3) is 7.41. The van der Waals surface area contributed by atoms with Gasteiger partial charge in [0.25, 0.3) is 5.69 Å². The Labute approximate surface area is 133 Å². The molecule has 0 fully saturated rings. The number of anilines is 1. The fourth-order valence-electron chi connectivity index (χ4n) is 2.26. The van der Waals surface area contributed by atoms with E-state index in [1.807, 2.05) is 0 Å². The molecule has 1 aromatic rings. The van der Waals surface area contributed by atoms with Gasteiger partial charge in [0.2, 0.25) is 0 Å². The van der Waals surface area contributed by atoms with E-state index in [2.05, 4.69) is 19.2 Å². The third-order valence-corrected chi connectivity index (χ3v) is 3.77. The summed E-state index contributed by atoms with van der Waals surface area (Å²) >= 11 is 0. The largest absolute Gasteiger partial charge is 0.385 e. The van der Waals surface area contributed by atoms with Crippen LogP contribution in [-0.2, 0) is 4.74 Å². The van der Waals surface area contributed by atoms with Gasteiger partial charge in [-0.05, 0) is 30.9 Å². The van der Waals surface area contributed by atoms with Gasteiger partial charge in [-0.1, -0.05) is 33.1 Å². The first kappa shape index (κ1) is 18.4. The molecule has 0 aliphatic rings. The van der Waals surface area contributed by atoms with Gasteiger partial charge in [-0.15, -0.1) is 0 Å². The molecule has 0 saturated carbocycles. The molecule has 0 spiro atoms. The van der Waals surface area contributed by atoms with Crippen molar-refractivity contribution in [3.63, 3.8) is 0 Å². The fraction of sp³-hybridized carbons (Fsp3) is 0.647. The monoisotopic (exact) mass is 308 g/mol. The standard InChI is InChI=1S/C17H28N2O3/c1-3-5-7-15(4-2)14-22-13-6-12-18-16-8-10-17(11-9-16)19(20)21/h8-11,15,18H,3-7,12-14H2,1-2H3. The summed E-state index contributed by atoms with van der Waals surface area (Å²) in [7, 11) is 0. The molecular weight excluding hydrogens is 280 g/mol. The van der Waals surface area contributed by atoms with Crippen LogP contribution in [0.15, 0.2) is 24.3 Å². The second-order valence-electron chi connectivity index (χ2n) is 5.58. The van der Waals surface area contributed by atoms with E-state index in [0.717, 1.165) is 31.9 Å². The molecule has 0 bridgehead atoms. The molecule has 0 aliphatic heterocycles. The molecule has 1 atom stereocenters. The molecule has 5 nitrogen and oxygen atoms in total. The van der Waals surface area contributed by atoms with Crippen molar-refractivity contribution in [3.8, 4) is 0 Å². The molecule has 0 radical (unpaired) electrons. The van der Waals surface area contributed by atoms with Crippen LogP contribution in [0.4, 0.5) is 11.4 Å². The van der Waals surface area contributed by atoms with Crippen LogP contribution in [-0.4, -0.2) is 24.7 Å². The summed E-state index contributed by atoms with van der Waals surface area (Å²) in [5.41, 5.74) is 1.02. The van der Waals surface area contributed by atoms with E-state index in [1.54, 1.807) is 12.1 Å². The smallest absolute Gasteiger partial charge is 0.269 e. The zero-order chi connectivity index (χ0) is 16.2. The van der Waals surface area contributed by atoms with E-state index in [1.165, 1.54) is 37.8 Å². The van der Waals surface area contributed by atoms with Crippen molar-refractivity contribution in [3.05, 3.63) is 34.4 Å². The second kappa shape index (κ2) is 11.0. The number of hydrogen-bond acceptors (Lipinski definition) is 4. The summed E-state index contributed by atoms with van der Waals surface area (Å²) in [6.45, 7) is 6.86. The summed E-state index contributed by atoms with van der Waals surface area (Å²) < 4.78 is 5.74. The molecule has 124 valence electrons. The normalized spacial score (nSPS) is 12.1. The van der Waals surface area contributed by atoms with Gasteiger partial charge in [0.1, 0.15) is 0 Å². The Hall–Kier alpha value is -1.62. The van der Waals surface area contributed by atoms with E-state index in [9.17, 15) is 10.1 Å². The predicted molar refractivity (Wildman–Crippen MR) is 90.3 cm³/mol. The van der Waals surface area contributed by atoms with Crippen molar-refractivity contribution in [2.75, 3.05) is 25.1 Å². The third-order valence-electron chi connectivity index (χ3n) is 3.77. The maximum Gasteiger partial charge on any atom is 0.269 e. The van der Waals surface area contributed by atoms with Gasteiger partial charge in [0, 0.05) is 37.6 Å². The van der Waals surface area contributed by atoms with E-state index in [4.69, 9.17) is 4.74 Å². The van der Waals surface area contributed by atoms with Crippen LogP contribution in [0, 0.1) is 16.0 Å². The Kier molecular flexibility index (Phi) is 9.23. The van der Waals surface area contributed by atoms with Crippen molar-refractivity contribution < 1.29 is 9.66 Å². The number of nitrogens with one attached hydrogen (secondary N) is 1. The topological polar surface area (TPSA) is 64.4 Å². The minimum atomic E-state index is -0.389. The van der Waals surface area contributed by atoms with E-state index >= 15 is 0 Å². The number of rotatable bonds is 12. The lowest BCUT2D eigenvalue weighted by molar-refractivity contribution is -0.384. The molecule has 1 N–H and O–H groups in total. The van der Waals surface area contributed by atoms with Crippen molar-refractivity contribution in [2.45, 2.75) is 46.0 Å². The zero-order valence-corrected chi connectivity index (χ0v) is 13.7. The first-order valence-corrected chi connectivity index (χ1v) is 8.23. The van der Waals surface area contributed by atoms with Crippen molar-refractivity contribution >= 4 is 11.4 Å². The Balaban J connectivity index is 2.11. The highest BCUT2D eigenvalue weighted by molar-refractivity contribution is 5.48. The summed E-state index contributed by atoms with van der Waals surface area (Å²) in [4.78, 5) is 10.2. The second-order valence-corrected chi connectivity index (χ2v) is 5.58. The average molecular weight is 308 g/mol. The number of benzene rings is 1.